The molecule has 0 amide bonds. The third-order valence-electron chi connectivity index (χ3n) is 4.84. The van der Waals surface area contributed by atoms with Crippen LogP contribution in [0, 0.1) is 0 Å². The van der Waals surface area contributed by atoms with Gasteiger partial charge in [-0.15, -0.1) is 0 Å². The molecule has 1 aliphatic heterocycles. The molecule has 2 aromatic carbocycles. The van der Waals surface area contributed by atoms with Gasteiger partial charge >= 0.3 is 0 Å². The van der Waals surface area contributed by atoms with Crippen molar-refractivity contribution >= 4 is 17.3 Å². The Kier molecular flexibility index (Phi) is 6.47. The van der Waals surface area contributed by atoms with Gasteiger partial charge in [0.05, 0.1) is 13.2 Å². The van der Waals surface area contributed by atoms with Crippen LogP contribution in [0.5, 0.6) is 5.75 Å². The summed E-state index contributed by atoms with van der Waals surface area (Å²) < 4.78 is 5.31. The van der Waals surface area contributed by atoms with Gasteiger partial charge in [0, 0.05) is 32.7 Å². The maximum absolute atomic E-state index is 5.63. The van der Waals surface area contributed by atoms with E-state index in [1.165, 1.54) is 11.1 Å². The second-order valence-corrected chi connectivity index (χ2v) is 7.08. The molecule has 0 bridgehead atoms. The number of nitrogens with one attached hydrogen (secondary N) is 1. The fraction of sp³-hybridized carbons (Fsp3) is 0.381. The van der Waals surface area contributed by atoms with Crippen LogP contribution in [0.1, 0.15) is 24.1 Å². The zero-order valence-electron chi connectivity index (χ0n) is 15.5. The third kappa shape index (κ3) is 4.96. The number of benzene rings is 2. The van der Waals surface area contributed by atoms with Crippen LogP contribution >= 0.6 is 12.2 Å². The summed E-state index contributed by atoms with van der Waals surface area (Å²) in [4.78, 5) is 4.74. The summed E-state index contributed by atoms with van der Waals surface area (Å²) in [5, 5.41) is 4.32. The second-order valence-electron chi connectivity index (χ2n) is 6.70. The zero-order chi connectivity index (χ0) is 18.4. The minimum absolute atomic E-state index is 0.221. The lowest BCUT2D eigenvalue weighted by atomic mass is 10.1. The minimum atomic E-state index is 0.221. The predicted molar refractivity (Wildman–Crippen MR) is 110 cm³/mol. The molecule has 2 aromatic rings. The quantitative estimate of drug-likeness (QED) is 0.815. The highest BCUT2D eigenvalue weighted by Crippen LogP contribution is 2.16. The second kappa shape index (κ2) is 9.01. The number of piperazine rings is 1. The summed E-state index contributed by atoms with van der Waals surface area (Å²) in [5.41, 5.74) is 2.54. The average Bonchev–Trinajstić information content (AvgIpc) is 2.69. The summed E-state index contributed by atoms with van der Waals surface area (Å²) in [6, 6.07) is 19.0. The van der Waals surface area contributed by atoms with Crippen molar-refractivity contribution in [1.29, 1.82) is 0 Å². The van der Waals surface area contributed by atoms with Crippen molar-refractivity contribution in [1.82, 2.24) is 15.1 Å². The third-order valence-corrected chi connectivity index (χ3v) is 5.22. The first-order valence-corrected chi connectivity index (χ1v) is 9.52. The van der Waals surface area contributed by atoms with Crippen molar-refractivity contribution in [2.45, 2.75) is 19.5 Å². The van der Waals surface area contributed by atoms with Gasteiger partial charge in [0.1, 0.15) is 5.75 Å². The molecule has 0 radical (unpaired) electrons. The Hall–Kier alpha value is -2.11. The van der Waals surface area contributed by atoms with Crippen LogP contribution in [0.4, 0.5) is 0 Å². The van der Waals surface area contributed by atoms with Crippen LogP contribution in [-0.2, 0) is 6.54 Å². The van der Waals surface area contributed by atoms with Crippen LogP contribution in [0.2, 0.25) is 0 Å². The standard InChI is InChI=1S/C21H27N3OS/c1-17(19-8-4-3-5-9-19)22-21(26)24-13-11-23(12-14-24)16-18-7-6-10-20(15-18)25-2/h3-10,15,17H,11-14,16H2,1-2H3,(H,22,26). The summed E-state index contributed by atoms with van der Waals surface area (Å²) >= 11 is 5.63. The van der Waals surface area contributed by atoms with Crippen LogP contribution in [-0.4, -0.2) is 48.2 Å². The van der Waals surface area contributed by atoms with Gasteiger partial charge in [-0.25, -0.2) is 0 Å². The largest absolute Gasteiger partial charge is 0.497 e. The molecule has 1 unspecified atom stereocenters. The van der Waals surface area contributed by atoms with E-state index in [1.807, 2.05) is 12.1 Å². The van der Waals surface area contributed by atoms with E-state index in [2.05, 4.69) is 64.5 Å². The molecule has 1 fully saturated rings. The highest BCUT2D eigenvalue weighted by molar-refractivity contribution is 7.80. The predicted octanol–water partition coefficient (Wildman–Crippen LogP) is 3.45. The van der Waals surface area contributed by atoms with Crippen LogP contribution in [0.3, 0.4) is 0 Å². The van der Waals surface area contributed by atoms with E-state index >= 15 is 0 Å². The highest BCUT2D eigenvalue weighted by atomic mass is 32.1. The van der Waals surface area contributed by atoms with E-state index in [-0.39, 0.29) is 6.04 Å². The number of ether oxygens (including phenoxy) is 1. The van der Waals surface area contributed by atoms with Crippen molar-refractivity contribution in [2.24, 2.45) is 0 Å². The molecule has 1 N–H and O–H groups in total. The maximum Gasteiger partial charge on any atom is 0.169 e. The first-order valence-electron chi connectivity index (χ1n) is 9.11. The Labute approximate surface area is 161 Å². The van der Waals surface area contributed by atoms with E-state index in [9.17, 15) is 0 Å². The fourth-order valence-electron chi connectivity index (χ4n) is 3.24. The van der Waals surface area contributed by atoms with Gasteiger partial charge < -0.3 is 15.0 Å². The van der Waals surface area contributed by atoms with E-state index in [0.29, 0.717) is 0 Å². The van der Waals surface area contributed by atoms with Gasteiger partial charge in [-0.3, -0.25) is 4.90 Å². The molecular weight excluding hydrogens is 342 g/mol. The molecule has 26 heavy (non-hydrogen) atoms. The summed E-state index contributed by atoms with van der Waals surface area (Å²) in [5.74, 6) is 0.918. The number of hydrogen-bond donors (Lipinski definition) is 1. The Morgan fingerprint density at radius 2 is 1.81 bits per heavy atom. The van der Waals surface area contributed by atoms with Crippen molar-refractivity contribution < 1.29 is 4.74 Å². The smallest absolute Gasteiger partial charge is 0.169 e. The van der Waals surface area contributed by atoms with Gasteiger partial charge in [-0.2, -0.15) is 0 Å². The first-order chi connectivity index (χ1) is 12.7. The molecule has 0 saturated carbocycles. The van der Waals surface area contributed by atoms with Gasteiger partial charge in [0.25, 0.3) is 0 Å². The molecule has 1 atom stereocenters. The summed E-state index contributed by atoms with van der Waals surface area (Å²) in [6.07, 6.45) is 0. The van der Waals surface area contributed by atoms with Crippen molar-refractivity contribution in [2.75, 3.05) is 33.3 Å². The maximum atomic E-state index is 5.63. The van der Waals surface area contributed by atoms with Gasteiger partial charge in [-0.1, -0.05) is 42.5 Å². The molecule has 5 heteroatoms. The molecule has 1 aliphatic rings. The number of methoxy groups -OCH3 is 1. The van der Waals surface area contributed by atoms with Gasteiger partial charge in [0.15, 0.2) is 5.11 Å². The molecule has 138 valence electrons. The summed E-state index contributed by atoms with van der Waals surface area (Å²) in [6.45, 7) is 7.04. The lowest BCUT2D eigenvalue weighted by Gasteiger charge is -2.37. The van der Waals surface area contributed by atoms with Crippen LogP contribution in [0.15, 0.2) is 54.6 Å². The first kappa shape index (κ1) is 18.7. The number of hydrogen-bond acceptors (Lipinski definition) is 3. The van der Waals surface area contributed by atoms with Gasteiger partial charge in [0.2, 0.25) is 0 Å². The number of rotatable bonds is 5. The summed E-state index contributed by atoms with van der Waals surface area (Å²) in [7, 11) is 1.71. The van der Waals surface area contributed by atoms with Gasteiger partial charge in [-0.05, 0) is 42.4 Å². The number of nitrogens with zero attached hydrogens (tertiary/aromatic N) is 2. The lowest BCUT2D eigenvalue weighted by molar-refractivity contribution is 0.174. The molecular formula is C21H27N3OS. The Morgan fingerprint density at radius 3 is 2.50 bits per heavy atom. The molecule has 4 nitrogen and oxygen atoms in total. The molecule has 0 spiro atoms. The molecule has 0 aromatic heterocycles. The molecule has 3 rings (SSSR count). The highest BCUT2D eigenvalue weighted by Gasteiger charge is 2.20. The Bertz CT molecular complexity index is 714. The molecule has 0 aliphatic carbocycles. The van der Waals surface area contributed by atoms with E-state index in [4.69, 9.17) is 17.0 Å². The normalized spacial score (nSPS) is 16.2. The minimum Gasteiger partial charge on any atom is -0.497 e. The zero-order valence-corrected chi connectivity index (χ0v) is 16.3. The molecule has 1 saturated heterocycles. The van der Waals surface area contributed by atoms with E-state index < -0.39 is 0 Å². The van der Waals surface area contributed by atoms with Crippen molar-refractivity contribution in [3.8, 4) is 5.75 Å². The lowest BCUT2D eigenvalue weighted by Crippen LogP contribution is -2.51. The number of thiocarbonyl (C=S) groups is 1. The van der Waals surface area contributed by atoms with Crippen LogP contribution in [0.25, 0.3) is 0 Å². The van der Waals surface area contributed by atoms with E-state index in [1.54, 1.807) is 7.11 Å². The monoisotopic (exact) mass is 369 g/mol. The average molecular weight is 370 g/mol. The van der Waals surface area contributed by atoms with Crippen molar-refractivity contribution in [3.63, 3.8) is 0 Å². The van der Waals surface area contributed by atoms with E-state index in [0.717, 1.165) is 43.6 Å². The van der Waals surface area contributed by atoms with Crippen molar-refractivity contribution in [3.05, 3.63) is 65.7 Å². The molecule has 1 heterocycles. The topological polar surface area (TPSA) is 27.7 Å². The fourth-order valence-corrected chi connectivity index (χ4v) is 3.60. The Balaban J connectivity index is 1.47. The van der Waals surface area contributed by atoms with Crippen LogP contribution < -0.4 is 10.1 Å². The SMILES string of the molecule is COc1cccc(CN2CCN(C(=S)NC(C)c3ccccc3)CC2)c1. The Morgan fingerprint density at radius 1 is 1.08 bits per heavy atom.